The van der Waals surface area contributed by atoms with Crippen molar-refractivity contribution in [3.63, 3.8) is 0 Å². The third-order valence-corrected chi connectivity index (χ3v) is 4.83. The molecular formula is C23H31NO5. The van der Waals surface area contributed by atoms with Crippen LogP contribution in [0.1, 0.15) is 52.7 Å². The van der Waals surface area contributed by atoms with E-state index in [1.807, 2.05) is 48.5 Å². The van der Waals surface area contributed by atoms with Crippen molar-refractivity contribution in [3.8, 4) is 11.5 Å². The summed E-state index contributed by atoms with van der Waals surface area (Å²) in [7, 11) is 0. The smallest absolute Gasteiger partial charge is 0.250 e. The molecule has 0 bridgehead atoms. The fourth-order valence-electron chi connectivity index (χ4n) is 2.67. The van der Waals surface area contributed by atoms with Gasteiger partial charge in [-0.1, -0.05) is 38.1 Å². The van der Waals surface area contributed by atoms with Crippen molar-refractivity contribution < 1.29 is 19.5 Å². The number of hydrogen-bond donors (Lipinski definition) is 1. The molecule has 2 aromatic carbocycles. The molecule has 6 nitrogen and oxygen atoms in total. The Kier molecular flexibility index (Phi) is 6.58. The van der Waals surface area contributed by atoms with Gasteiger partial charge in [-0.3, -0.25) is 10.1 Å². The Labute approximate surface area is 172 Å². The van der Waals surface area contributed by atoms with Crippen LogP contribution in [-0.2, 0) is 5.41 Å². The lowest BCUT2D eigenvalue weighted by molar-refractivity contribution is -0.562. The van der Waals surface area contributed by atoms with Crippen molar-refractivity contribution in [2.75, 3.05) is 13.2 Å². The second-order valence-corrected chi connectivity index (χ2v) is 9.13. The Balaban J connectivity index is 2.07. The average Bonchev–Trinajstić information content (AvgIpc) is 2.65. The molecule has 29 heavy (non-hydrogen) atoms. The second-order valence-electron chi connectivity index (χ2n) is 9.13. The van der Waals surface area contributed by atoms with E-state index >= 15 is 0 Å². The number of nitrogens with zero attached hydrogens (tertiary/aromatic N) is 1. The second kappa shape index (κ2) is 8.41. The molecule has 2 rings (SSSR count). The summed E-state index contributed by atoms with van der Waals surface area (Å²) >= 11 is 0. The van der Waals surface area contributed by atoms with Gasteiger partial charge in [0.15, 0.2) is 6.61 Å². The summed E-state index contributed by atoms with van der Waals surface area (Å²) in [4.78, 5) is 10.7. The molecule has 0 unspecified atom stereocenters. The van der Waals surface area contributed by atoms with E-state index in [0.29, 0.717) is 11.5 Å². The first-order chi connectivity index (χ1) is 13.3. The summed E-state index contributed by atoms with van der Waals surface area (Å²) in [5, 5.41) is 20.8. The third-order valence-electron chi connectivity index (χ3n) is 4.83. The number of hydrogen-bond acceptors (Lipinski definition) is 5. The summed E-state index contributed by atoms with van der Waals surface area (Å²) < 4.78 is 11.2. The molecule has 6 heteroatoms. The van der Waals surface area contributed by atoms with Gasteiger partial charge < -0.3 is 14.6 Å². The van der Waals surface area contributed by atoms with Gasteiger partial charge in [0.25, 0.3) is 0 Å². The standard InChI is InChI=1S/C23H31NO5/c1-21(2,24(26)27)15-28-19-11-7-17(8-12-19)23(5,6)18-9-13-20(14-10-18)29-16-22(3,4)25/h7-14,25H,15-16H2,1-6H3. The molecule has 2 aromatic rings. The fraction of sp³-hybridized carbons (Fsp3) is 0.478. The fourth-order valence-corrected chi connectivity index (χ4v) is 2.67. The lowest BCUT2D eigenvalue weighted by Crippen LogP contribution is -2.37. The predicted octanol–water partition coefficient (Wildman–Crippen LogP) is 4.60. The van der Waals surface area contributed by atoms with Crippen molar-refractivity contribution >= 4 is 0 Å². The van der Waals surface area contributed by atoms with Crippen LogP contribution in [0.5, 0.6) is 11.5 Å². The summed E-state index contributed by atoms with van der Waals surface area (Å²) in [6.45, 7) is 11.0. The summed E-state index contributed by atoms with van der Waals surface area (Å²) in [5.41, 5.74) is -0.0309. The van der Waals surface area contributed by atoms with Crippen LogP contribution in [0.4, 0.5) is 0 Å². The first-order valence-electron chi connectivity index (χ1n) is 9.65. The van der Waals surface area contributed by atoms with Crippen LogP contribution in [-0.4, -0.2) is 34.4 Å². The molecule has 1 N–H and O–H groups in total. The number of ether oxygens (including phenoxy) is 2. The van der Waals surface area contributed by atoms with Crippen LogP contribution < -0.4 is 9.47 Å². The van der Waals surface area contributed by atoms with Gasteiger partial charge in [-0.25, -0.2) is 0 Å². The van der Waals surface area contributed by atoms with Crippen molar-refractivity contribution in [1.29, 1.82) is 0 Å². The van der Waals surface area contributed by atoms with E-state index in [4.69, 9.17) is 9.47 Å². The van der Waals surface area contributed by atoms with Crippen molar-refractivity contribution in [2.24, 2.45) is 0 Å². The van der Waals surface area contributed by atoms with E-state index < -0.39 is 11.1 Å². The minimum Gasteiger partial charge on any atom is -0.491 e. The van der Waals surface area contributed by atoms with Gasteiger partial charge in [-0.2, -0.15) is 0 Å². The molecule has 0 aromatic heterocycles. The topological polar surface area (TPSA) is 81.8 Å². The van der Waals surface area contributed by atoms with Crippen LogP contribution in [0.15, 0.2) is 48.5 Å². The first-order valence-corrected chi connectivity index (χ1v) is 9.65. The number of nitro groups is 1. The molecule has 0 aliphatic heterocycles. The highest BCUT2D eigenvalue weighted by Gasteiger charge is 2.31. The highest BCUT2D eigenvalue weighted by atomic mass is 16.6. The van der Waals surface area contributed by atoms with Crippen molar-refractivity contribution in [2.45, 2.75) is 58.1 Å². The summed E-state index contributed by atoms with van der Waals surface area (Å²) in [6, 6.07) is 15.5. The van der Waals surface area contributed by atoms with Gasteiger partial charge in [0.05, 0.1) is 5.60 Å². The highest BCUT2D eigenvalue weighted by molar-refractivity contribution is 5.41. The van der Waals surface area contributed by atoms with Gasteiger partial charge in [-0.05, 0) is 49.2 Å². The maximum Gasteiger partial charge on any atom is 0.250 e. The van der Waals surface area contributed by atoms with Gasteiger partial charge in [0.1, 0.15) is 18.1 Å². The van der Waals surface area contributed by atoms with Crippen LogP contribution >= 0.6 is 0 Å². The molecule has 0 radical (unpaired) electrons. The Morgan fingerprint density at radius 1 is 0.793 bits per heavy atom. The molecule has 158 valence electrons. The average molecular weight is 402 g/mol. The Morgan fingerprint density at radius 3 is 1.52 bits per heavy atom. The predicted molar refractivity (Wildman–Crippen MR) is 113 cm³/mol. The number of aliphatic hydroxyl groups is 1. The number of benzene rings is 2. The van der Waals surface area contributed by atoms with Crippen LogP contribution in [0.2, 0.25) is 0 Å². The monoisotopic (exact) mass is 401 g/mol. The molecule has 0 aliphatic carbocycles. The maximum absolute atomic E-state index is 11.0. The molecule has 0 aliphatic rings. The van der Waals surface area contributed by atoms with E-state index in [1.54, 1.807) is 27.7 Å². The van der Waals surface area contributed by atoms with Gasteiger partial charge >= 0.3 is 0 Å². The highest BCUT2D eigenvalue weighted by Crippen LogP contribution is 2.33. The van der Waals surface area contributed by atoms with Crippen LogP contribution in [0, 0.1) is 10.1 Å². The zero-order valence-electron chi connectivity index (χ0n) is 18.1. The molecule has 0 atom stereocenters. The molecule has 0 saturated carbocycles. The third kappa shape index (κ3) is 6.19. The first kappa shape index (κ1) is 22.7. The SMILES string of the molecule is CC(C)(O)COc1ccc(C(C)(C)c2ccc(OCC(C)(C)[N+](=O)[O-])cc2)cc1. The summed E-state index contributed by atoms with van der Waals surface area (Å²) in [6.07, 6.45) is 0. The minimum atomic E-state index is -1.13. The Bertz CT molecular complexity index is 818. The van der Waals surface area contributed by atoms with E-state index in [-0.39, 0.29) is 23.6 Å². The van der Waals surface area contributed by atoms with E-state index in [2.05, 4.69) is 13.8 Å². The Morgan fingerprint density at radius 2 is 1.17 bits per heavy atom. The van der Waals surface area contributed by atoms with Crippen LogP contribution in [0.3, 0.4) is 0 Å². The van der Waals surface area contributed by atoms with Gasteiger partial charge in [-0.15, -0.1) is 0 Å². The largest absolute Gasteiger partial charge is 0.491 e. The van der Waals surface area contributed by atoms with Crippen molar-refractivity contribution in [3.05, 3.63) is 69.8 Å². The van der Waals surface area contributed by atoms with Crippen molar-refractivity contribution in [1.82, 2.24) is 0 Å². The zero-order chi connectivity index (χ0) is 21.9. The van der Waals surface area contributed by atoms with Gasteiger partial charge in [0.2, 0.25) is 5.54 Å². The van der Waals surface area contributed by atoms with Crippen LogP contribution in [0.25, 0.3) is 0 Å². The molecule has 0 amide bonds. The van der Waals surface area contributed by atoms with E-state index in [1.165, 1.54) is 0 Å². The molecule has 0 heterocycles. The minimum absolute atomic E-state index is 0.00878. The Hall–Kier alpha value is -2.60. The molecular weight excluding hydrogens is 370 g/mol. The molecule has 0 spiro atoms. The van der Waals surface area contributed by atoms with E-state index in [9.17, 15) is 15.2 Å². The maximum atomic E-state index is 11.0. The van der Waals surface area contributed by atoms with E-state index in [0.717, 1.165) is 11.1 Å². The number of rotatable bonds is 9. The molecule has 0 fully saturated rings. The quantitative estimate of drug-likeness (QED) is 0.491. The zero-order valence-corrected chi connectivity index (χ0v) is 18.1. The summed E-state index contributed by atoms with van der Waals surface area (Å²) in [5.74, 6) is 1.32. The lowest BCUT2D eigenvalue weighted by atomic mass is 9.78. The lowest BCUT2D eigenvalue weighted by Gasteiger charge is -2.27. The van der Waals surface area contributed by atoms with Gasteiger partial charge in [0, 0.05) is 24.2 Å². The normalized spacial score (nSPS) is 12.5. The molecule has 0 saturated heterocycles.